The molecule has 1 aromatic heterocycles. The summed E-state index contributed by atoms with van der Waals surface area (Å²) < 4.78 is 0. The van der Waals surface area contributed by atoms with E-state index in [4.69, 9.17) is 23.2 Å². The first-order chi connectivity index (χ1) is 9.54. The molecular formula is C14H15Cl2N2OS+. The van der Waals surface area contributed by atoms with Gasteiger partial charge in [0, 0.05) is 10.6 Å². The molecule has 1 unspecified atom stereocenters. The summed E-state index contributed by atoms with van der Waals surface area (Å²) in [5.74, 6) is -0.0676. The maximum atomic E-state index is 12.0. The summed E-state index contributed by atoms with van der Waals surface area (Å²) in [6.45, 7) is 1.21. The van der Waals surface area contributed by atoms with Crippen LogP contribution in [0.4, 0.5) is 5.69 Å². The number of carbonyl (C=O) groups excluding carboxylic acids is 1. The van der Waals surface area contributed by atoms with Crippen molar-refractivity contribution in [2.75, 3.05) is 18.9 Å². The van der Waals surface area contributed by atoms with Gasteiger partial charge in [-0.2, -0.15) is 11.3 Å². The predicted octanol–water partition coefficient (Wildman–Crippen LogP) is 2.71. The Hall–Kier alpha value is -1.07. The van der Waals surface area contributed by atoms with Crippen LogP contribution in [0.15, 0.2) is 35.0 Å². The van der Waals surface area contributed by atoms with Gasteiger partial charge in [0.1, 0.15) is 6.54 Å². The topological polar surface area (TPSA) is 33.5 Å². The number of anilines is 1. The lowest BCUT2D eigenvalue weighted by atomic mass is 10.3. The van der Waals surface area contributed by atoms with Crippen molar-refractivity contribution >= 4 is 46.1 Å². The van der Waals surface area contributed by atoms with Gasteiger partial charge in [-0.1, -0.05) is 23.2 Å². The molecular weight excluding hydrogens is 315 g/mol. The fourth-order valence-electron chi connectivity index (χ4n) is 1.86. The minimum Gasteiger partial charge on any atom is -0.326 e. The molecule has 0 saturated heterocycles. The first-order valence-corrected chi connectivity index (χ1v) is 7.82. The molecule has 106 valence electrons. The number of hydrogen-bond acceptors (Lipinski definition) is 2. The Balaban J connectivity index is 1.88. The average Bonchev–Trinajstić information content (AvgIpc) is 2.85. The second-order valence-corrected chi connectivity index (χ2v) is 6.24. The summed E-state index contributed by atoms with van der Waals surface area (Å²) in [6, 6.07) is 7.09. The Labute approximate surface area is 132 Å². The van der Waals surface area contributed by atoms with E-state index in [1.165, 1.54) is 5.56 Å². The largest absolute Gasteiger partial charge is 0.326 e. The maximum Gasteiger partial charge on any atom is 0.279 e. The third-order valence-electron chi connectivity index (χ3n) is 2.75. The lowest BCUT2D eigenvalue weighted by molar-refractivity contribution is -0.885. The number of hydrogen-bond donors (Lipinski definition) is 2. The molecule has 1 amide bonds. The highest BCUT2D eigenvalue weighted by Gasteiger charge is 2.12. The summed E-state index contributed by atoms with van der Waals surface area (Å²) in [6.07, 6.45) is 0. The summed E-state index contributed by atoms with van der Waals surface area (Å²) in [4.78, 5) is 13.1. The Bertz CT molecular complexity index is 587. The molecule has 0 aliphatic rings. The van der Waals surface area contributed by atoms with Gasteiger partial charge in [0.15, 0.2) is 6.54 Å². The van der Waals surface area contributed by atoms with Crippen LogP contribution < -0.4 is 10.2 Å². The monoisotopic (exact) mass is 329 g/mol. The molecule has 1 heterocycles. The van der Waals surface area contributed by atoms with Gasteiger partial charge in [-0.15, -0.1) is 0 Å². The first-order valence-electron chi connectivity index (χ1n) is 6.12. The molecule has 3 nitrogen and oxygen atoms in total. The zero-order chi connectivity index (χ0) is 14.5. The summed E-state index contributed by atoms with van der Waals surface area (Å²) >= 11 is 13.5. The minimum atomic E-state index is -0.0676. The molecule has 2 aromatic rings. The van der Waals surface area contributed by atoms with Crippen LogP contribution in [-0.4, -0.2) is 19.5 Å². The fourth-order valence-corrected chi connectivity index (χ4v) is 2.99. The summed E-state index contributed by atoms with van der Waals surface area (Å²) in [7, 11) is 1.99. The summed E-state index contributed by atoms with van der Waals surface area (Å²) in [5, 5.41) is 7.93. The normalized spacial score (nSPS) is 12.2. The van der Waals surface area contributed by atoms with Crippen molar-refractivity contribution in [1.82, 2.24) is 0 Å². The van der Waals surface area contributed by atoms with E-state index in [1.807, 2.05) is 12.4 Å². The van der Waals surface area contributed by atoms with E-state index in [0.717, 1.165) is 11.4 Å². The quantitative estimate of drug-likeness (QED) is 0.868. The van der Waals surface area contributed by atoms with Gasteiger partial charge in [-0.05, 0) is 35.0 Å². The molecule has 6 heteroatoms. The molecule has 0 aliphatic carbocycles. The van der Waals surface area contributed by atoms with Crippen LogP contribution in [0.2, 0.25) is 10.0 Å². The van der Waals surface area contributed by atoms with Gasteiger partial charge < -0.3 is 10.2 Å². The van der Waals surface area contributed by atoms with Crippen LogP contribution in [0.25, 0.3) is 0 Å². The highest BCUT2D eigenvalue weighted by atomic mass is 35.5. The van der Waals surface area contributed by atoms with E-state index >= 15 is 0 Å². The molecule has 1 aromatic carbocycles. The van der Waals surface area contributed by atoms with Crippen molar-refractivity contribution in [2.45, 2.75) is 6.54 Å². The Kier molecular flexibility index (Phi) is 5.43. The Morgan fingerprint density at radius 1 is 1.35 bits per heavy atom. The molecule has 0 bridgehead atoms. The van der Waals surface area contributed by atoms with Gasteiger partial charge in [-0.25, -0.2) is 0 Å². The zero-order valence-electron chi connectivity index (χ0n) is 11.0. The molecule has 0 radical (unpaired) electrons. The SMILES string of the molecule is C[NH+](CC(=O)Nc1ccc(Cl)cc1Cl)Cc1ccsc1. The molecule has 2 N–H and O–H groups in total. The van der Waals surface area contributed by atoms with Gasteiger partial charge in [0.25, 0.3) is 5.91 Å². The van der Waals surface area contributed by atoms with Crippen molar-refractivity contribution in [1.29, 1.82) is 0 Å². The van der Waals surface area contributed by atoms with E-state index in [9.17, 15) is 4.79 Å². The lowest BCUT2D eigenvalue weighted by Crippen LogP contribution is -3.08. The second kappa shape index (κ2) is 7.09. The minimum absolute atomic E-state index is 0.0676. The number of benzene rings is 1. The molecule has 0 spiro atoms. The molecule has 20 heavy (non-hydrogen) atoms. The van der Waals surface area contributed by atoms with Gasteiger partial charge in [-0.3, -0.25) is 4.79 Å². The van der Waals surface area contributed by atoms with Gasteiger partial charge >= 0.3 is 0 Å². The van der Waals surface area contributed by atoms with Crippen molar-refractivity contribution in [3.05, 3.63) is 50.6 Å². The molecule has 0 fully saturated rings. The lowest BCUT2D eigenvalue weighted by Gasteiger charge is -2.13. The fraction of sp³-hybridized carbons (Fsp3) is 0.214. The third-order valence-corrected chi connectivity index (χ3v) is 4.03. The summed E-state index contributed by atoms with van der Waals surface area (Å²) in [5.41, 5.74) is 1.83. The van der Waals surface area contributed by atoms with Crippen LogP contribution in [0.3, 0.4) is 0 Å². The van der Waals surface area contributed by atoms with Crippen molar-refractivity contribution in [3.8, 4) is 0 Å². The van der Waals surface area contributed by atoms with Crippen LogP contribution in [0, 0.1) is 0 Å². The van der Waals surface area contributed by atoms with E-state index in [-0.39, 0.29) is 5.91 Å². The van der Waals surface area contributed by atoms with Crippen molar-refractivity contribution < 1.29 is 9.69 Å². The molecule has 2 rings (SSSR count). The predicted molar refractivity (Wildman–Crippen MR) is 84.9 cm³/mol. The number of carbonyl (C=O) groups is 1. The highest BCUT2D eigenvalue weighted by Crippen LogP contribution is 2.25. The van der Waals surface area contributed by atoms with Gasteiger partial charge in [0.2, 0.25) is 0 Å². The number of amides is 1. The number of quaternary nitrogens is 1. The average molecular weight is 330 g/mol. The molecule has 1 atom stereocenters. The van der Waals surface area contributed by atoms with E-state index in [1.54, 1.807) is 29.5 Å². The smallest absolute Gasteiger partial charge is 0.279 e. The molecule has 0 saturated carbocycles. The maximum absolute atomic E-state index is 12.0. The van der Waals surface area contributed by atoms with E-state index < -0.39 is 0 Å². The van der Waals surface area contributed by atoms with Crippen molar-refractivity contribution in [2.24, 2.45) is 0 Å². The van der Waals surface area contributed by atoms with Crippen LogP contribution in [0.1, 0.15) is 5.56 Å². The van der Waals surface area contributed by atoms with Gasteiger partial charge in [0.05, 0.1) is 17.8 Å². The third kappa shape index (κ3) is 4.49. The second-order valence-electron chi connectivity index (χ2n) is 4.61. The Morgan fingerprint density at radius 3 is 2.80 bits per heavy atom. The highest BCUT2D eigenvalue weighted by molar-refractivity contribution is 7.07. The number of likely N-dealkylation sites (N-methyl/N-ethyl adjacent to an activating group) is 1. The number of nitrogens with one attached hydrogen (secondary N) is 2. The van der Waals surface area contributed by atoms with E-state index in [2.05, 4.69) is 16.8 Å². The van der Waals surface area contributed by atoms with Crippen LogP contribution >= 0.6 is 34.5 Å². The number of halogens is 2. The van der Waals surface area contributed by atoms with E-state index in [0.29, 0.717) is 22.3 Å². The van der Waals surface area contributed by atoms with Crippen LogP contribution in [-0.2, 0) is 11.3 Å². The first kappa shape index (κ1) is 15.3. The standard InChI is InChI=1S/C14H14Cl2N2OS/c1-18(7-10-4-5-20-9-10)8-14(19)17-13-3-2-11(15)6-12(13)16/h2-6,9H,7-8H2,1H3,(H,17,19)/p+1. The number of rotatable bonds is 5. The molecule has 0 aliphatic heterocycles. The van der Waals surface area contributed by atoms with Crippen molar-refractivity contribution in [3.63, 3.8) is 0 Å². The Morgan fingerprint density at radius 2 is 2.15 bits per heavy atom. The van der Waals surface area contributed by atoms with Crippen LogP contribution in [0.5, 0.6) is 0 Å². The number of thiophene rings is 1. The zero-order valence-corrected chi connectivity index (χ0v) is 13.3.